The van der Waals surface area contributed by atoms with Crippen LogP contribution < -0.4 is 0 Å². The van der Waals surface area contributed by atoms with Gasteiger partial charge in [-0.05, 0) is 64.7 Å². The molecule has 2 N–H and O–H groups in total. The van der Waals surface area contributed by atoms with Gasteiger partial charge in [-0.25, -0.2) is 0 Å². The maximum Gasteiger partial charge on any atom is 0.0786 e. The lowest BCUT2D eigenvalue weighted by Gasteiger charge is -2.41. The average Bonchev–Trinajstić information content (AvgIpc) is 2.48. The Balaban J connectivity index is 0.00000220. The highest BCUT2D eigenvalue weighted by Gasteiger charge is 2.27. The van der Waals surface area contributed by atoms with Crippen LogP contribution in [0, 0.1) is 0 Å². The van der Waals surface area contributed by atoms with Gasteiger partial charge in [0.05, 0.1) is 52.9 Å². The maximum atomic E-state index is 2.49. The van der Waals surface area contributed by atoms with Crippen molar-refractivity contribution in [2.45, 2.75) is 64.7 Å². The van der Waals surface area contributed by atoms with Gasteiger partial charge < -0.3 is 19.9 Å². The Bertz CT molecular complexity index is 272. The summed E-state index contributed by atoms with van der Waals surface area (Å²) in [4.78, 5) is 0. The molecule has 2 heterocycles. The third-order valence-corrected chi connectivity index (χ3v) is 6.16. The van der Waals surface area contributed by atoms with E-state index in [0.29, 0.717) is 0 Å². The predicted octanol–water partition coefficient (Wildman–Crippen LogP) is 3.45. The summed E-state index contributed by atoms with van der Waals surface area (Å²) in [7, 11) is 2.49. The molecule has 0 bridgehead atoms. The van der Waals surface area contributed by atoms with Gasteiger partial charge in [0.25, 0.3) is 0 Å². The molecule has 0 atom stereocenters. The Kier molecular flexibility index (Phi) is 10.5. The molecule has 2 aliphatic heterocycles. The van der Waals surface area contributed by atoms with Crippen LogP contribution in [0.1, 0.15) is 64.7 Å². The topological polar surface area (TPSA) is 60.0 Å². The Morgan fingerprint density at radius 3 is 1.68 bits per heavy atom. The van der Waals surface area contributed by atoms with Crippen LogP contribution in [-0.4, -0.2) is 72.8 Å². The number of unbranched alkanes of at least 4 members (excludes halogenated alkanes) is 2. The molecule has 4 nitrogen and oxygen atoms in total. The van der Waals surface area contributed by atoms with Crippen LogP contribution in [-0.2, 0) is 0 Å². The van der Waals surface area contributed by atoms with E-state index in [1.807, 2.05) is 0 Å². The van der Waals surface area contributed by atoms with Crippen molar-refractivity contribution < 1.29 is 19.9 Å². The van der Waals surface area contributed by atoms with Gasteiger partial charge in [-0.1, -0.05) is 0 Å². The predicted molar refractivity (Wildman–Crippen MR) is 91.6 cm³/mol. The van der Waals surface area contributed by atoms with Crippen LogP contribution in [0.4, 0.5) is 0 Å². The normalized spacial score (nSPS) is 23.2. The highest BCUT2D eigenvalue weighted by Crippen LogP contribution is 2.21. The van der Waals surface area contributed by atoms with E-state index in [1.165, 1.54) is 113 Å². The second kappa shape index (κ2) is 10.6. The molecule has 22 heavy (non-hydrogen) atoms. The van der Waals surface area contributed by atoms with Crippen molar-refractivity contribution in [2.24, 2.45) is 0 Å². The zero-order chi connectivity index (χ0) is 14.3. The number of hydrogen-bond acceptors (Lipinski definition) is 2. The highest BCUT2D eigenvalue weighted by molar-refractivity contribution is 4.55. The van der Waals surface area contributed by atoms with Crippen LogP contribution in [0.25, 0.3) is 0 Å². The van der Waals surface area contributed by atoms with Crippen LogP contribution in [0.15, 0.2) is 0 Å². The standard InChI is InChI=1S/C18H38N2.2H2O/c1-3-20(17-11-6-12-18-20)16-10-5-9-15-19(2)13-7-4-8-14-19;;/h3-18H2,1-2H3;2*1H2/q+2;;/p-2. The first-order valence-electron chi connectivity index (χ1n) is 9.37. The van der Waals surface area contributed by atoms with Crippen molar-refractivity contribution in [1.29, 1.82) is 0 Å². The molecule has 2 rings (SSSR count). The minimum atomic E-state index is 0. The monoisotopic (exact) mass is 316 g/mol. The minimum Gasteiger partial charge on any atom is -0.870 e. The molecule has 0 amide bonds. The van der Waals surface area contributed by atoms with Crippen LogP contribution >= 0.6 is 0 Å². The fraction of sp³-hybridized carbons (Fsp3) is 1.00. The van der Waals surface area contributed by atoms with E-state index in [1.54, 1.807) is 0 Å². The fourth-order valence-electron chi connectivity index (χ4n) is 4.50. The van der Waals surface area contributed by atoms with Crippen molar-refractivity contribution in [2.75, 3.05) is 52.9 Å². The van der Waals surface area contributed by atoms with Gasteiger partial charge in [0.15, 0.2) is 0 Å². The van der Waals surface area contributed by atoms with Gasteiger partial charge in [-0.2, -0.15) is 0 Å². The van der Waals surface area contributed by atoms with Crippen LogP contribution in [0.2, 0.25) is 0 Å². The maximum absolute atomic E-state index is 2.49. The largest absolute Gasteiger partial charge is 0.870 e. The average molecular weight is 317 g/mol. The van der Waals surface area contributed by atoms with Crippen molar-refractivity contribution >= 4 is 0 Å². The summed E-state index contributed by atoms with van der Waals surface area (Å²) in [5.74, 6) is 0. The second-order valence-corrected chi connectivity index (χ2v) is 7.80. The number of quaternary nitrogens is 2. The third-order valence-electron chi connectivity index (χ3n) is 6.16. The van der Waals surface area contributed by atoms with Crippen molar-refractivity contribution in [3.8, 4) is 0 Å². The summed E-state index contributed by atoms with van der Waals surface area (Å²) in [6.45, 7) is 12.5. The molecule has 0 aromatic carbocycles. The molecule has 2 fully saturated rings. The summed E-state index contributed by atoms with van der Waals surface area (Å²) in [6, 6.07) is 0. The number of nitrogens with zero attached hydrogens (tertiary/aromatic N) is 2. The Morgan fingerprint density at radius 2 is 1.14 bits per heavy atom. The molecule has 0 aromatic rings. The molecule has 134 valence electrons. The van der Waals surface area contributed by atoms with E-state index in [4.69, 9.17) is 0 Å². The van der Waals surface area contributed by atoms with Crippen LogP contribution in [0.5, 0.6) is 0 Å². The molecule has 2 aliphatic rings. The van der Waals surface area contributed by atoms with E-state index in [-0.39, 0.29) is 11.0 Å². The molecular weight excluding hydrogens is 276 g/mol. The van der Waals surface area contributed by atoms with E-state index in [9.17, 15) is 0 Å². The second-order valence-electron chi connectivity index (χ2n) is 7.80. The molecular formula is C18H40N2O2. The lowest BCUT2D eigenvalue weighted by molar-refractivity contribution is -0.931. The van der Waals surface area contributed by atoms with E-state index in [0.717, 1.165) is 0 Å². The quantitative estimate of drug-likeness (QED) is 0.533. The SMILES string of the molecule is CC[N+]1(CCCCC[N+]2(C)CCCCC2)CCCCC1.[OH-].[OH-]. The van der Waals surface area contributed by atoms with Gasteiger partial charge in [-0.3, -0.25) is 0 Å². The van der Waals surface area contributed by atoms with E-state index < -0.39 is 0 Å². The summed E-state index contributed by atoms with van der Waals surface area (Å²) < 4.78 is 2.81. The van der Waals surface area contributed by atoms with Gasteiger partial charge in [-0.15, -0.1) is 0 Å². The lowest BCUT2D eigenvalue weighted by atomic mass is 10.1. The fourth-order valence-corrected chi connectivity index (χ4v) is 4.50. The van der Waals surface area contributed by atoms with Gasteiger partial charge >= 0.3 is 0 Å². The summed E-state index contributed by atoms with van der Waals surface area (Å²) >= 11 is 0. The van der Waals surface area contributed by atoms with E-state index in [2.05, 4.69) is 14.0 Å². The summed E-state index contributed by atoms with van der Waals surface area (Å²) in [5, 5.41) is 0. The smallest absolute Gasteiger partial charge is 0.0786 e. The molecule has 0 saturated carbocycles. The molecule has 0 unspecified atom stereocenters. The molecule has 0 spiro atoms. The first-order valence-corrected chi connectivity index (χ1v) is 9.37. The van der Waals surface area contributed by atoms with Crippen LogP contribution in [0.3, 0.4) is 0 Å². The zero-order valence-corrected chi connectivity index (χ0v) is 15.1. The first-order chi connectivity index (χ1) is 9.68. The van der Waals surface area contributed by atoms with Gasteiger partial charge in [0, 0.05) is 0 Å². The van der Waals surface area contributed by atoms with E-state index >= 15 is 0 Å². The molecule has 4 heteroatoms. The zero-order valence-electron chi connectivity index (χ0n) is 15.1. The number of piperidine rings is 2. The number of likely N-dealkylation sites (tertiary alicyclic amines) is 2. The van der Waals surface area contributed by atoms with Crippen molar-refractivity contribution in [3.63, 3.8) is 0 Å². The van der Waals surface area contributed by atoms with Gasteiger partial charge in [0.2, 0.25) is 0 Å². The molecule has 0 aromatic heterocycles. The third kappa shape index (κ3) is 6.53. The summed E-state index contributed by atoms with van der Waals surface area (Å²) in [5.41, 5.74) is 0. The highest BCUT2D eigenvalue weighted by atomic mass is 16.0. The van der Waals surface area contributed by atoms with Gasteiger partial charge in [0.1, 0.15) is 0 Å². The van der Waals surface area contributed by atoms with Crippen molar-refractivity contribution in [1.82, 2.24) is 0 Å². The Hall–Kier alpha value is -0.160. The minimum absolute atomic E-state index is 0. The summed E-state index contributed by atoms with van der Waals surface area (Å²) in [6.07, 6.45) is 13.2. The Labute approximate surface area is 138 Å². The number of rotatable bonds is 7. The number of hydrogen-bond donors (Lipinski definition) is 0. The Morgan fingerprint density at radius 1 is 0.636 bits per heavy atom. The lowest BCUT2D eigenvalue weighted by Crippen LogP contribution is -2.52. The molecule has 0 aliphatic carbocycles. The first kappa shape index (κ1) is 21.8. The molecule has 2 saturated heterocycles. The molecule has 0 radical (unpaired) electrons. The van der Waals surface area contributed by atoms with Crippen molar-refractivity contribution in [3.05, 3.63) is 0 Å².